The Kier molecular flexibility index (Phi) is 11.0. The molecular weight excluding hydrogens is 592 g/mol. The van der Waals surface area contributed by atoms with E-state index in [1.165, 1.54) is 54.6 Å². The van der Waals surface area contributed by atoms with Crippen LogP contribution in [-0.2, 0) is 28.6 Å². The highest BCUT2D eigenvalue weighted by Crippen LogP contribution is 2.39. The zero-order valence-electron chi connectivity index (χ0n) is 24.2. The lowest BCUT2D eigenvalue weighted by molar-refractivity contribution is -0.231. The summed E-state index contributed by atoms with van der Waals surface area (Å²) in [5, 5.41) is 69.2. The van der Waals surface area contributed by atoms with E-state index in [9.17, 15) is 50.1 Å². The molecular formula is C32H36O13. The van der Waals surface area contributed by atoms with Crippen molar-refractivity contribution in [3.63, 3.8) is 0 Å². The van der Waals surface area contributed by atoms with Gasteiger partial charge < -0.3 is 50.0 Å². The van der Waals surface area contributed by atoms with E-state index in [0.717, 1.165) is 6.08 Å². The lowest BCUT2D eigenvalue weighted by Crippen LogP contribution is -2.61. The topological polar surface area (TPSA) is 221 Å². The number of hydrogen-bond donors (Lipinski definition) is 7. The Morgan fingerprint density at radius 1 is 0.911 bits per heavy atom. The van der Waals surface area contributed by atoms with E-state index in [4.69, 9.17) is 14.2 Å². The number of aliphatic carboxylic acids is 1. The second-order valence-electron chi connectivity index (χ2n) is 11.1. The van der Waals surface area contributed by atoms with Gasteiger partial charge in [-0.05, 0) is 66.3 Å². The number of rotatable bonds is 11. The minimum Gasteiger partial charge on any atom is -0.504 e. The SMILES string of the molecule is O=C(C=Cc1ccc(O)c(O)c1)COC1(C(=O)O)CC(O)C2OCCC(CCO)C(C(=O)C=Cc3ccc(O)c(O)c3)OC2C1. The Labute approximate surface area is 258 Å². The molecule has 4 rings (SSSR count). The van der Waals surface area contributed by atoms with Crippen LogP contribution in [0.4, 0.5) is 0 Å². The number of phenols is 4. The number of carbonyl (C=O) groups excluding carboxylic acids is 2. The Morgan fingerprint density at radius 2 is 1.53 bits per heavy atom. The van der Waals surface area contributed by atoms with Crippen LogP contribution in [0.15, 0.2) is 48.6 Å². The highest BCUT2D eigenvalue weighted by molar-refractivity contribution is 5.97. The number of fused-ring (bicyclic) bond motifs is 1. The number of aliphatic hydroxyl groups is 2. The van der Waals surface area contributed by atoms with Gasteiger partial charge >= 0.3 is 5.97 Å². The quantitative estimate of drug-likeness (QED) is 0.140. The molecule has 0 spiro atoms. The number of benzene rings is 2. The number of carboxylic acids is 1. The lowest BCUT2D eigenvalue weighted by atomic mass is 9.78. The third kappa shape index (κ3) is 8.26. The standard InChI is InChI=1S/C32H36O13/c33-11-9-20-10-12-43-30-27(40)15-32(31(41)42,44-17-21(34)5-1-18-2-6-22(35)25(38)13-18)16-28(30)45-29(20)24(37)8-4-19-3-7-23(36)26(39)14-19/h1-8,13-14,20,27-30,33,35-36,38-40H,9-12,15-17H2,(H,41,42). The van der Waals surface area contributed by atoms with Crippen LogP contribution in [0.2, 0.25) is 0 Å². The predicted molar refractivity (Wildman–Crippen MR) is 157 cm³/mol. The second-order valence-corrected chi connectivity index (χ2v) is 11.1. The Bertz CT molecular complexity index is 1450. The molecule has 1 aliphatic carbocycles. The van der Waals surface area contributed by atoms with E-state index < -0.39 is 66.5 Å². The van der Waals surface area contributed by atoms with Crippen molar-refractivity contribution < 1.29 is 64.3 Å². The van der Waals surface area contributed by atoms with E-state index in [-0.39, 0.29) is 49.1 Å². The van der Waals surface area contributed by atoms with Crippen LogP contribution in [0.5, 0.6) is 23.0 Å². The van der Waals surface area contributed by atoms with Gasteiger partial charge in [-0.1, -0.05) is 24.3 Å². The van der Waals surface area contributed by atoms with Crippen LogP contribution in [0.1, 0.15) is 36.8 Å². The number of carbonyl (C=O) groups is 3. The van der Waals surface area contributed by atoms with Gasteiger partial charge in [-0.2, -0.15) is 0 Å². The van der Waals surface area contributed by atoms with E-state index in [1.54, 1.807) is 0 Å². The molecule has 0 bridgehead atoms. The summed E-state index contributed by atoms with van der Waals surface area (Å²) in [4.78, 5) is 38.6. The molecule has 6 unspecified atom stereocenters. The third-order valence-electron chi connectivity index (χ3n) is 7.93. The molecule has 1 saturated heterocycles. The first-order valence-electron chi connectivity index (χ1n) is 14.3. The van der Waals surface area contributed by atoms with Crippen molar-refractivity contribution in [2.75, 3.05) is 19.8 Å². The predicted octanol–water partition coefficient (Wildman–Crippen LogP) is 1.91. The summed E-state index contributed by atoms with van der Waals surface area (Å²) in [6.07, 6.45) is 0.118. The average Bonchev–Trinajstić information content (AvgIpc) is 2.99. The molecule has 7 N–H and O–H groups in total. The van der Waals surface area contributed by atoms with Crippen LogP contribution in [0, 0.1) is 5.92 Å². The molecule has 1 heterocycles. The zero-order valence-corrected chi connectivity index (χ0v) is 24.2. The summed E-state index contributed by atoms with van der Waals surface area (Å²) < 4.78 is 17.7. The molecule has 0 aromatic heterocycles. The fourth-order valence-corrected chi connectivity index (χ4v) is 5.50. The van der Waals surface area contributed by atoms with Crippen LogP contribution < -0.4 is 0 Å². The molecule has 242 valence electrons. The van der Waals surface area contributed by atoms with Crippen molar-refractivity contribution in [2.45, 2.75) is 55.7 Å². The smallest absolute Gasteiger partial charge is 0.336 e. The van der Waals surface area contributed by atoms with Gasteiger partial charge in [0.15, 0.2) is 40.2 Å². The molecule has 2 fully saturated rings. The lowest BCUT2D eigenvalue weighted by Gasteiger charge is -2.46. The molecule has 45 heavy (non-hydrogen) atoms. The number of aliphatic hydroxyl groups excluding tert-OH is 2. The molecule has 0 radical (unpaired) electrons. The first-order chi connectivity index (χ1) is 21.4. The minimum absolute atomic E-state index is 0.0998. The van der Waals surface area contributed by atoms with Gasteiger partial charge in [0, 0.05) is 26.1 Å². The third-order valence-corrected chi connectivity index (χ3v) is 7.93. The highest BCUT2D eigenvalue weighted by Gasteiger charge is 2.54. The van der Waals surface area contributed by atoms with Crippen LogP contribution >= 0.6 is 0 Å². The fraction of sp³-hybridized carbons (Fsp3) is 0.406. The molecule has 13 nitrogen and oxygen atoms in total. The Hall–Kier alpha value is -4.27. The van der Waals surface area contributed by atoms with Crippen molar-refractivity contribution >= 4 is 29.7 Å². The summed E-state index contributed by atoms with van der Waals surface area (Å²) in [6.45, 7) is -0.830. The zero-order chi connectivity index (χ0) is 32.7. The van der Waals surface area contributed by atoms with Crippen molar-refractivity contribution in [2.24, 2.45) is 5.92 Å². The molecule has 2 aromatic rings. The molecule has 6 atom stereocenters. The number of aromatic hydroxyl groups is 4. The van der Waals surface area contributed by atoms with Gasteiger partial charge in [-0.25, -0.2) is 4.79 Å². The fourth-order valence-electron chi connectivity index (χ4n) is 5.50. The number of ether oxygens (including phenoxy) is 3. The van der Waals surface area contributed by atoms with Gasteiger partial charge in [-0.3, -0.25) is 9.59 Å². The van der Waals surface area contributed by atoms with Gasteiger partial charge in [0.1, 0.15) is 18.8 Å². The highest BCUT2D eigenvalue weighted by atomic mass is 16.6. The number of phenolic OH excluding ortho intramolecular Hbond substituents is 4. The van der Waals surface area contributed by atoms with Gasteiger partial charge in [0.2, 0.25) is 0 Å². The summed E-state index contributed by atoms with van der Waals surface area (Å²) in [5.74, 6) is -4.52. The Balaban J connectivity index is 1.53. The van der Waals surface area contributed by atoms with Crippen molar-refractivity contribution in [1.29, 1.82) is 0 Å². The maximum absolute atomic E-state index is 13.4. The first-order valence-corrected chi connectivity index (χ1v) is 14.3. The monoisotopic (exact) mass is 628 g/mol. The number of ketones is 2. The summed E-state index contributed by atoms with van der Waals surface area (Å²) in [5.41, 5.74) is -1.26. The summed E-state index contributed by atoms with van der Waals surface area (Å²) >= 11 is 0. The normalized spacial score (nSPS) is 27.1. The number of hydrogen-bond acceptors (Lipinski definition) is 12. The molecule has 13 heteroatoms. The van der Waals surface area contributed by atoms with Crippen molar-refractivity contribution in [3.05, 3.63) is 59.7 Å². The largest absolute Gasteiger partial charge is 0.504 e. The van der Waals surface area contributed by atoms with Crippen LogP contribution in [0.3, 0.4) is 0 Å². The van der Waals surface area contributed by atoms with Crippen LogP contribution in [-0.4, -0.2) is 103 Å². The van der Waals surface area contributed by atoms with E-state index >= 15 is 0 Å². The van der Waals surface area contributed by atoms with E-state index in [2.05, 4.69) is 0 Å². The molecule has 2 aromatic carbocycles. The molecule has 1 aliphatic heterocycles. The summed E-state index contributed by atoms with van der Waals surface area (Å²) in [7, 11) is 0. The maximum Gasteiger partial charge on any atom is 0.336 e. The second kappa shape index (κ2) is 14.7. The molecule has 1 saturated carbocycles. The van der Waals surface area contributed by atoms with Gasteiger partial charge in [-0.15, -0.1) is 0 Å². The van der Waals surface area contributed by atoms with E-state index in [1.807, 2.05) is 0 Å². The van der Waals surface area contributed by atoms with Crippen molar-refractivity contribution in [1.82, 2.24) is 0 Å². The Morgan fingerprint density at radius 3 is 2.11 bits per heavy atom. The van der Waals surface area contributed by atoms with E-state index in [0.29, 0.717) is 17.5 Å². The van der Waals surface area contributed by atoms with Crippen LogP contribution in [0.25, 0.3) is 12.2 Å². The molecule has 0 amide bonds. The van der Waals surface area contributed by atoms with Gasteiger partial charge in [0.05, 0.1) is 12.2 Å². The van der Waals surface area contributed by atoms with Crippen molar-refractivity contribution in [3.8, 4) is 23.0 Å². The minimum atomic E-state index is -2.07. The maximum atomic E-state index is 13.4. The summed E-state index contributed by atoms with van der Waals surface area (Å²) in [6, 6.07) is 7.92. The number of carboxylic acid groups (broad SMARTS) is 1. The van der Waals surface area contributed by atoms with Gasteiger partial charge in [0.25, 0.3) is 0 Å². The average molecular weight is 629 g/mol. The first kappa shape index (κ1) is 33.6. The molecule has 2 aliphatic rings.